The molecule has 2 aromatic rings. The molecular weight excluding hydrogens is 212 g/mol. The maximum absolute atomic E-state index is 5.83. The quantitative estimate of drug-likeness (QED) is 0.872. The summed E-state index contributed by atoms with van der Waals surface area (Å²) in [5, 5.41) is 0. The summed E-state index contributed by atoms with van der Waals surface area (Å²) in [6, 6.07) is 12.5. The Morgan fingerprint density at radius 1 is 1.18 bits per heavy atom. The Balaban J connectivity index is 1.72. The van der Waals surface area contributed by atoms with Crippen LogP contribution in [0.2, 0.25) is 0 Å². The second-order valence-electron chi connectivity index (χ2n) is 4.26. The maximum Gasteiger partial charge on any atom is 0.102 e. The van der Waals surface area contributed by atoms with Crippen LogP contribution in [0.5, 0.6) is 0 Å². The Bertz CT molecular complexity index is 479. The van der Waals surface area contributed by atoms with E-state index >= 15 is 0 Å². The molecule has 88 valence electrons. The second-order valence-corrected chi connectivity index (χ2v) is 4.26. The summed E-state index contributed by atoms with van der Waals surface area (Å²) in [6.07, 6.45) is 5.17. The van der Waals surface area contributed by atoms with Crippen LogP contribution >= 0.6 is 0 Å². The lowest BCUT2D eigenvalue weighted by Crippen LogP contribution is -2.26. The molecule has 0 saturated heterocycles. The second kappa shape index (κ2) is 4.63. The third-order valence-corrected chi connectivity index (χ3v) is 3.16. The number of hydrogen-bond donors (Lipinski definition) is 1. The molecule has 0 radical (unpaired) electrons. The van der Waals surface area contributed by atoms with Gasteiger partial charge < -0.3 is 10.2 Å². The fourth-order valence-electron chi connectivity index (χ4n) is 2.27. The molecule has 0 bridgehead atoms. The van der Waals surface area contributed by atoms with Crippen molar-refractivity contribution in [2.75, 3.05) is 18.6 Å². The first kappa shape index (κ1) is 10.4. The minimum Gasteiger partial charge on any atom is -0.371 e. The summed E-state index contributed by atoms with van der Waals surface area (Å²) < 4.78 is 7.79. The minimum absolute atomic E-state index is 0.155. The van der Waals surface area contributed by atoms with Crippen LogP contribution in [0.1, 0.15) is 17.2 Å². The minimum atomic E-state index is 0.155. The van der Waals surface area contributed by atoms with E-state index in [1.165, 1.54) is 11.1 Å². The molecular formula is C14H16N2O. The summed E-state index contributed by atoms with van der Waals surface area (Å²) in [6.45, 7) is 1.61. The van der Waals surface area contributed by atoms with Gasteiger partial charge in [-0.1, -0.05) is 24.3 Å². The van der Waals surface area contributed by atoms with Crippen molar-refractivity contribution in [3.63, 3.8) is 0 Å². The molecule has 3 rings (SSSR count). The number of hydrogen-bond acceptors (Lipinski definition) is 2. The van der Waals surface area contributed by atoms with Gasteiger partial charge in [-0.15, -0.1) is 0 Å². The van der Waals surface area contributed by atoms with Gasteiger partial charge in [-0.05, 0) is 29.7 Å². The molecule has 3 heteroatoms. The Morgan fingerprint density at radius 3 is 2.88 bits per heavy atom. The van der Waals surface area contributed by atoms with Crippen LogP contribution in [0, 0.1) is 0 Å². The fourth-order valence-corrected chi connectivity index (χ4v) is 2.27. The van der Waals surface area contributed by atoms with Crippen LogP contribution < -0.4 is 5.43 Å². The van der Waals surface area contributed by atoms with Gasteiger partial charge in [-0.3, -0.25) is 4.68 Å². The Hall–Kier alpha value is -1.74. The van der Waals surface area contributed by atoms with E-state index < -0.39 is 0 Å². The zero-order valence-electron chi connectivity index (χ0n) is 9.67. The summed E-state index contributed by atoms with van der Waals surface area (Å²) >= 11 is 0. The molecule has 1 aliphatic rings. The molecule has 3 nitrogen and oxygen atoms in total. The van der Waals surface area contributed by atoms with Gasteiger partial charge in [0.05, 0.1) is 13.2 Å². The van der Waals surface area contributed by atoms with Crippen molar-refractivity contribution in [1.29, 1.82) is 0 Å². The molecule has 1 atom stereocenters. The van der Waals surface area contributed by atoms with Crippen LogP contribution in [0.25, 0.3) is 0 Å². The average molecular weight is 228 g/mol. The number of rotatable bonds is 3. The molecule has 1 aromatic carbocycles. The molecule has 0 fully saturated rings. The predicted molar refractivity (Wildman–Crippen MR) is 67.5 cm³/mol. The van der Waals surface area contributed by atoms with Crippen LogP contribution in [0.3, 0.4) is 0 Å². The summed E-state index contributed by atoms with van der Waals surface area (Å²) in [4.78, 5) is 0. The topological polar surface area (TPSA) is 26.2 Å². The third-order valence-electron chi connectivity index (χ3n) is 3.16. The van der Waals surface area contributed by atoms with Gasteiger partial charge in [0.15, 0.2) is 0 Å². The van der Waals surface area contributed by atoms with E-state index in [2.05, 4.69) is 29.7 Å². The van der Waals surface area contributed by atoms with E-state index in [1.54, 1.807) is 0 Å². The largest absolute Gasteiger partial charge is 0.371 e. The lowest BCUT2D eigenvalue weighted by atomic mass is 9.98. The van der Waals surface area contributed by atoms with Crippen LogP contribution in [-0.2, 0) is 11.2 Å². The normalized spacial score (nSPS) is 18.7. The van der Waals surface area contributed by atoms with Gasteiger partial charge in [0, 0.05) is 12.4 Å². The zero-order chi connectivity index (χ0) is 11.5. The highest BCUT2D eigenvalue weighted by Gasteiger charge is 2.19. The Morgan fingerprint density at radius 2 is 2.00 bits per heavy atom. The van der Waals surface area contributed by atoms with E-state index in [9.17, 15) is 0 Å². The molecule has 0 spiro atoms. The standard InChI is InChI=1S/C14H16N2O/c1-2-6-13-12(5-1)7-10-17-14(13)11-15-16-8-3-4-9-16/h1-6,8-9,14-15H,7,10-11H2. The summed E-state index contributed by atoms with van der Waals surface area (Å²) in [7, 11) is 0. The molecule has 1 unspecified atom stereocenters. The molecule has 1 aliphatic heterocycles. The number of ether oxygens (including phenoxy) is 1. The van der Waals surface area contributed by atoms with Crippen LogP contribution in [0.15, 0.2) is 48.8 Å². The number of benzene rings is 1. The summed E-state index contributed by atoms with van der Waals surface area (Å²) in [5.74, 6) is 0. The lowest BCUT2D eigenvalue weighted by molar-refractivity contribution is 0.0496. The average Bonchev–Trinajstić information content (AvgIpc) is 2.89. The molecule has 0 saturated carbocycles. The molecule has 0 aliphatic carbocycles. The number of fused-ring (bicyclic) bond motifs is 1. The predicted octanol–water partition coefficient (Wildman–Crippen LogP) is 2.35. The Labute approximate surface area is 101 Å². The SMILES string of the molecule is c1ccc2c(c1)CCOC2CNn1cccc1. The highest BCUT2D eigenvalue weighted by atomic mass is 16.5. The van der Waals surface area contributed by atoms with Gasteiger partial charge in [0.1, 0.15) is 6.10 Å². The molecule has 1 N–H and O–H groups in total. The fraction of sp³-hybridized carbons (Fsp3) is 0.286. The first-order valence-electron chi connectivity index (χ1n) is 6.00. The number of nitrogens with zero attached hydrogens (tertiary/aromatic N) is 1. The monoisotopic (exact) mass is 228 g/mol. The highest BCUT2D eigenvalue weighted by Crippen LogP contribution is 2.26. The molecule has 2 heterocycles. The van der Waals surface area contributed by atoms with Crippen molar-refractivity contribution in [3.05, 3.63) is 59.9 Å². The van der Waals surface area contributed by atoms with E-state index in [1.807, 2.05) is 29.2 Å². The number of aromatic nitrogens is 1. The highest BCUT2D eigenvalue weighted by molar-refractivity contribution is 5.31. The smallest absolute Gasteiger partial charge is 0.102 e. The van der Waals surface area contributed by atoms with Crippen LogP contribution in [0.4, 0.5) is 0 Å². The van der Waals surface area contributed by atoms with Gasteiger partial charge in [-0.2, -0.15) is 0 Å². The third kappa shape index (κ3) is 2.19. The van der Waals surface area contributed by atoms with Crippen molar-refractivity contribution >= 4 is 0 Å². The van der Waals surface area contributed by atoms with E-state index in [-0.39, 0.29) is 6.10 Å². The first-order chi connectivity index (χ1) is 8.43. The van der Waals surface area contributed by atoms with Gasteiger partial charge >= 0.3 is 0 Å². The van der Waals surface area contributed by atoms with E-state index in [0.29, 0.717) is 0 Å². The van der Waals surface area contributed by atoms with Gasteiger partial charge in [-0.25, -0.2) is 0 Å². The zero-order valence-corrected chi connectivity index (χ0v) is 9.67. The van der Waals surface area contributed by atoms with E-state index in [0.717, 1.165) is 19.6 Å². The Kier molecular flexibility index (Phi) is 2.84. The van der Waals surface area contributed by atoms with Crippen molar-refractivity contribution in [3.8, 4) is 0 Å². The van der Waals surface area contributed by atoms with Gasteiger partial charge in [0.2, 0.25) is 0 Å². The van der Waals surface area contributed by atoms with Crippen LogP contribution in [-0.4, -0.2) is 17.8 Å². The van der Waals surface area contributed by atoms with Crippen molar-refractivity contribution in [1.82, 2.24) is 4.68 Å². The summed E-state index contributed by atoms with van der Waals surface area (Å²) in [5.41, 5.74) is 6.06. The van der Waals surface area contributed by atoms with Gasteiger partial charge in [0.25, 0.3) is 0 Å². The molecule has 0 amide bonds. The van der Waals surface area contributed by atoms with Crippen molar-refractivity contribution in [2.24, 2.45) is 0 Å². The van der Waals surface area contributed by atoms with Crippen molar-refractivity contribution < 1.29 is 4.74 Å². The molecule has 17 heavy (non-hydrogen) atoms. The first-order valence-corrected chi connectivity index (χ1v) is 6.00. The molecule has 1 aromatic heterocycles. The van der Waals surface area contributed by atoms with Crippen molar-refractivity contribution in [2.45, 2.75) is 12.5 Å². The lowest BCUT2D eigenvalue weighted by Gasteiger charge is -2.26. The maximum atomic E-state index is 5.83. The number of nitrogens with one attached hydrogen (secondary N) is 1. The van der Waals surface area contributed by atoms with E-state index in [4.69, 9.17) is 4.74 Å².